The molecule has 14 atom stereocenters. The van der Waals surface area contributed by atoms with Gasteiger partial charge in [0.05, 0.1) is 66.9 Å². The third-order valence-corrected chi connectivity index (χ3v) is 34.9. The molecule has 94 heavy (non-hydrogen) atoms. The number of carbonyl (C=O) groups is 1. The molecule has 0 aromatic heterocycles. The Labute approximate surface area is 573 Å². The molecule has 6 aromatic carbocycles. The fourth-order valence-electron chi connectivity index (χ4n) is 16.3. The third-order valence-electron chi connectivity index (χ3n) is 21.3. The zero-order valence-corrected chi connectivity index (χ0v) is 62.3. The molecule has 6 aromatic rings. The summed E-state index contributed by atoms with van der Waals surface area (Å²) in [5.74, 6) is -2.08. The van der Waals surface area contributed by atoms with Gasteiger partial charge in [-0.1, -0.05) is 217 Å². The number of benzene rings is 6. The molecule has 1 spiro atoms. The predicted octanol–water partition coefficient (Wildman–Crippen LogP) is 17.6. The van der Waals surface area contributed by atoms with Gasteiger partial charge in [0.25, 0.3) is 8.32 Å². The molecule has 0 radical (unpaired) electrons. The SMILES string of the molecule is COCOC1[C@@H](C)[C@H](C)[C@@]2(CCCO2)O[C@H]1[C@@H](OCc1ccc2ccccc2c1)[C@H](C)C(=O)O[C@H]1C[C@@H](C)C[C@H]2O[C@@](C)(CO[Si](c3ccccc3)(c3ccccc3)C(C)(C)C)[C@H](O[Si](C(C)C)(C(C)C)C(C)C)C[C@@H]2O[C@@H]1CC(Sc1ccccc1)Sc1ccccc1. The van der Waals surface area contributed by atoms with E-state index in [1.165, 1.54) is 10.4 Å². The first-order valence-electron chi connectivity index (χ1n) is 34.9. The molecule has 0 amide bonds. The number of ether oxygens (including phenoxy) is 8. The van der Waals surface area contributed by atoms with E-state index in [-0.39, 0.29) is 52.8 Å². The van der Waals surface area contributed by atoms with Gasteiger partial charge in [-0.25, -0.2) is 0 Å². The number of hydrogen-bond acceptors (Lipinski definition) is 13. The topological polar surface area (TPSA) is 109 Å². The zero-order valence-electron chi connectivity index (χ0n) is 58.7. The van der Waals surface area contributed by atoms with Gasteiger partial charge in [0.1, 0.15) is 24.6 Å². The maximum Gasteiger partial charge on any atom is 0.311 e. The zero-order chi connectivity index (χ0) is 67.0. The normalized spacial score (nSPS) is 27.8. The highest BCUT2D eigenvalue weighted by atomic mass is 32.2. The Morgan fingerprint density at radius 3 is 1.82 bits per heavy atom. The Balaban J connectivity index is 1.04. The van der Waals surface area contributed by atoms with Crippen LogP contribution in [0.3, 0.4) is 0 Å². The lowest BCUT2D eigenvalue weighted by molar-refractivity contribution is -0.347. The van der Waals surface area contributed by atoms with Crippen LogP contribution in [0.4, 0.5) is 0 Å². The van der Waals surface area contributed by atoms with Crippen LogP contribution in [-0.2, 0) is 58.1 Å². The summed E-state index contributed by atoms with van der Waals surface area (Å²) in [7, 11) is -4.04. The molecule has 510 valence electrons. The Bertz CT molecular complexity index is 3210. The van der Waals surface area contributed by atoms with Gasteiger partial charge >= 0.3 is 5.97 Å². The number of thioether (sulfide) groups is 2. The molecule has 4 saturated heterocycles. The van der Waals surface area contributed by atoms with E-state index >= 15 is 4.79 Å². The van der Waals surface area contributed by atoms with Gasteiger partial charge in [-0.3, -0.25) is 4.79 Å². The van der Waals surface area contributed by atoms with E-state index in [1.807, 2.05) is 30.4 Å². The fourth-order valence-corrected chi connectivity index (χ4v) is 29.3. The summed E-state index contributed by atoms with van der Waals surface area (Å²) in [5.41, 5.74) is 1.01. The maximum absolute atomic E-state index is 16.0. The minimum Gasteiger partial charge on any atom is -0.459 e. The first-order chi connectivity index (χ1) is 45.0. The van der Waals surface area contributed by atoms with Crippen molar-refractivity contribution < 1.29 is 51.5 Å². The second kappa shape index (κ2) is 31.8. The quantitative estimate of drug-likeness (QED) is 0.0223. The van der Waals surface area contributed by atoms with E-state index < -0.39 is 76.7 Å². The summed E-state index contributed by atoms with van der Waals surface area (Å²) in [6.07, 6.45) is -0.460. The monoisotopic (exact) mass is 1350 g/mol. The van der Waals surface area contributed by atoms with Crippen molar-refractivity contribution in [2.45, 2.75) is 238 Å². The number of esters is 1. The second-order valence-electron chi connectivity index (χ2n) is 29.7. The van der Waals surface area contributed by atoms with Gasteiger partial charge in [0.15, 0.2) is 5.79 Å². The summed E-state index contributed by atoms with van der Waals surface area (Å²) in [4.78, 5) is 18.3. The summed E-state index contributed by atoms with van der Waals surface area (Å²) in [5, 5.41) is 4.44. The lowest BCUT2D eigenvalue weighted by Crippen LogP contribution is -2.70. The average molecular weight is 1350 g/mol. The van der Waals surface area contributed by atoms with Crippen LogP contribution in [-0.4, -0.2) is 115 Å². The minimum absolute atomic E-state index is 0.00776. The van der Waals surface area contributed by atoms with E-state index in [2.05, 4.69) is 254 Å². The van der Waals surface area contributed by atoms with E-state index in [9.17, 15) is 0 Å². The van der Waals surface area contributed by atoms with Gasteiger partial charge in [0, 0.05) is 35.7 Å². The molecule has 1 unspecified atom stereocenters. The van der Waals surface area contributed by atoms with Crippen molar-refractivity contribution in [1.29, 1.82) is 0 Å². The fraction of sp³-hybridized carbons (Fsp3) is 0.557. The standard InChI is InChI=1S/C79H108O11S2Si2/c1-53(2)93(54(3)4,55(5)6)90-71-48-68-70(88-78(71,14)51-85-94(77(11,12)13,65-37-24-18-25-38-65)66-39-26-19-27-40-66)46-56(7)45-67(69(86-68)49-72(91-63-33-20-16-21-34-63)92-64-35-22-17-23-36-64)87-76(80)58(9)74(82-50-60-41-42-61-31-28-29-32-62(61)47-60)75-73(83-52-81-15)57(8)59(10)79(89-75)43-30-44-84-79/h16-29,31-42,47,53-59,67-75H,30,43-46,48-52H2,1-15H3/t56-,57+,58+,59+,67+,68+,69-,70-,71-,73?,74+,75-,78+,79-/m1/s1. The van der Waals surface area contributed by atoms with Crippen molar-refractivity contribution >= 4 is 67.3 Å². The molecular weight excluding hydrogens is 1250 g/mol. The highest BCUT2D eigenvalue weighted by Gasteiger charge is 2.60. The van der Waals surface area contributed by atoms with Crippen LogP contribution >= 0.6 is 23.5 Å². The van der Waals surface area contributed by atoms with Crippen molar-refractivity contribution in [3.05, 3.63) is 169 Å². The molecule has 0 aliphatic carbocycles. The minimum atomic E-state index is -3.06. The van der Waals surface area contributed by atoms with Crippen LogP contribution < -0.4 is 10.4 Å². The summed E-state index contributed by atoms with van der Waals surface area (Å²) >= 11 is 3.65. The summed E-state index contributed by atoms with van der Waals surface area (Å²) in [6, 6.07) is 57.8. The number of methoxy groups -OCH3 is 1. The predicted molar refractivity (Wildman–Crippen MR) is 387 cm³/mol. The summed E-state index contributed by atoms with van der Waals surface area (Å²) in [6.45, 7) is 33.3. The third kappa shape index (κ3) is 16.1. The van der Waals surface area contributed by atoms with Crippen LogP contribution in [0.5, 0.6) is 0 Å². The van der Waals surface area contributed by atoms with E-state index in [0.29, 0.717) is 55.5 Å². The molecule has 4 heterocycles. The molecule has 4 aliphatic rings. The van der Waals surface area contributed by atoms with Crippen molar-refractivity contribution in [2.24, 2.45) is 23.7 Å². The molecule has 0 bridgehead atoms. The van der Waals surface area contributed by atoms with Gasteiger partial charge in [-0.15, -0.1) is 23.5 Å². The van der Waals surface area contributed by atoms with Gasteiger partial charge in [-0.2, -0.15) is 0 Å². The maximum atomic E-state index is 16.0. The molecule has 11 nitrogen and oxygen atoms in total. The van der Waals surface area contributed by atoms with Crippen molar-refractivity contribution in [1.82, 2.24) is 0 Å². The largest absolute Gasteiger partial charge is 0.459 e. The molecular formula is C79H108O11S2Si2. The van der Waals surface area contributed by atoms with E-state index in [1.54, 1.807) is 7.11 Å². The van der Waals surface area contributed by atoms with Gasteiger partial charge < -0.3 is 46.7 Å². The van der Waals surface area contributed by atoms with Crippen LogP contribution in [0.2, 0.25) is 21.7 Å². The van der Waals surface area contributed by atoms with Gasteiger partial charge in [0.2, 0.25) is 8.32 Å². The van der Waals surface area contributed by atoms with Gasteiger partial charge in [-0.05, 0) is 130 Å². The van der Waals surface area contributed by atoms with Crippen molar-refractivity contribution in [2.75, 3.05) is 27.1 Å². The Hall–Kier alpha value is -4.18. The molecule has 15 heteroatoms. The molecule has 0 N–H and O–H groups in total. The first kappa shape index (κ1) is 72.6. The second-order valence-corrected chi connectivity index (χ2v) is 42.2. The van der Waals surface area contributed by atoms with Crippen LogP contribution in [0.15, 0.2) is 174 Å². The molecule has 10 rings (SSSR count). The Morgan fingerprint density at radius 1 is 0.691 bits per heavy atom. The Morgan fingerprint density at radius 2 is 1.27 bits per heavy atom. The highest BCUT2D eigenvalue weighted by Crippen LogP contribution is 2.51. The molecule has 4 fully saturated rings. The van der Waals surface area contributed by atoms with Crippen molar-refractivity contribution in [3.8, 4) is 0 Å². The van der Waals surface area contributed by atoms with Crippen LogP contribution in [0.1, 0.15) is 141 Å². The lowest BCUT2D eigenvalue weighted by atomic mass is 9.76. The van der Waals surface area contributed by atoms with E-state index in [0.717, 1.165) is 39.0 Å². The first-order valence-corrected chi connectivity index (χ1v) is 40.7. The lowest BCUT2D eigenvalue weighted by Gasteiger charge is -2.55. The number of rotatable bonds is 26. The number of fused-ring (bicyclic) bond motifs is 2. The highest BCUT2D eigenvalue weighted by molar-refractivity contribution is 8.17. The van der Waals surface area contributed by atoms with Crippen LogP contribution in [0.25, 0.3) is 10.8 Å². The molecule has 0 saturated carbocycles. The van der Waals surface area contributed by atoms with Crippen molar-refractivity contribution in [3.63, 3.8) is 0 Å². The number of carbonyl (C=O) groups excluding carboxylic acids is 1. The average Bonchev–Trinajstić information content (AvgIpc) is 1.21. The molecule has 4 aliphatic heterocycles. The smallest absolute Gasteiger partial charge is 0.311 e. The summed E-state index contributed by atoms with van der Waals surface area (Å²) < 4.78 is 72.6. The van der Waals surface area contributed by atoms with Crippen LogP contribution in [0, 0.1) is 23.7 Å². The number of hydrogen-bond donors (Lipinski definition) is 0. The Kier molecular flexibility index (Phi) is 24.5. The van der Waals surface area contributed by atoms with E-state index in [4.69, 9.17) is 46.7 Å².